The first kappa shape index (κ1) is 15.7. The van der Waals surface area contributed by atoms with Gasteiger partial charge in [0.05, 0.1) is 4.90 Å². The Bertz CT molecular complexity index is 553. The minimum absolute atomic E-state index is 0.0228. The van der Waals surface area contributed by atoms with E-state index in [2.05, 4.69) is 5.32 Å². The van der Waals surface area contributed by atoms with Crippen molar-refractivity contribution in [1.29, 1.82) is 0 Å². The maximum Gasteiger partial charge on any atom is 0.251 e. The van der Waals surface area contributed by atoms with E-state index in [0.717, 1.165) is 6.26 Å². The molecule has 0 aliphatic rings. The van der Waals surface area contributed by atoms with Crippen LogP contribution >= 0.6 is 0 Å². The average molecular weight is 283 g/mol. The third-order valence-electron chi connectivity index (χ3n) is 3.19. The Balaban J connectivity index is 2.85. The molecule has 1 aromatic rings. The van der Waals surface area contributed by atoms with Crippen LogP contribution in [0.25, 0.3) is 0 Å². The third-order valence-corrected chi connectivity index (χ3v) is 4.32. The van der Waals surface area contributed by atoms with Crippen LogP contribution in [0.2, 0.25) is 0 Å². The Labute approximate surface area is 115 Å². The topological polar surface area (TPSA) is 63.2 Å². The zero-order valence-electron chi connectivity index (χ0n) is 12.0. The van der Waals surface area contributed by atoms with Crippen molar-refractivity contribution in [3.63, 3.8) is 0 Å². The van der Waals surface area contributed by atoms with Gasteiger partial charge in [0.1, 0.15) is 0 Å². The maximum absolute atomic E-state index is 12.0. The van der Waals surface area contributed by atoms with Gasteiger partial charge in [0.15, 0.2) is 9.84 Å². The summed E-state index contributed by atoms with van der Waals surface area (Å²) < 4.78 is 22.6. The van der Waals surface area contributed by atoms with Gasteiger partial charge in [-0.2, -0.15) is 0 Å². The van der Waals surface area contributed by atoms with Crippen molar-refractivity contribution < 1.29 is 13.2 Å². The molecule has 0 aliphatic heterocycles. The van der Waals surface area contributed by atoms with E-state index < -0.39 is 9.84 Å². The van der Waals surface area contributed by atoms with Gasteiger partial charge >= 0.3 is 0 Å². The van der Waals surface area contributed by atoms with Gasteiger partial charge < -0.3 is 5.32 Å². The quantitative estimate of drug-likeness (QED) is 0.925. The minimum Gasteiger partial charge on any atom is -0.349 e. The highest BCUT2D eigenvalue weighted by molar-refractivity contribution is 7.90. The second-order valence-corrected chi connectivity index (χ2v) is 7.87. The lowest BCUT2D eigenvalue weighted by molar-refractivity contribution is 0.0910. The summed E-state index contributed by atoms with van der Waals surface area (Å²) in [6.07, 6.45) is 1.14. The van der Waals surface area contributed by atoms with E-state index in [0.29, 0.717) is 5.56 Å². The molecule has 4 nitrogen and oxygen atoms in total. The second kappa shape index (κ2) is 5.33. The standard InChI is InChI=1S/C14H21NO3S/c1-10(14(2,3)4)15-13(16)11-6-8-12(9-7-11)19(5,17)18/h6-10H,1-5H3,(H,15,16)/t10-/m0/s1. The first-order chi connectivity index (χ1) is 8.51. The zero-order valence-corrected chi connectivity index (χ0v) is 12.8. The fourth-order valence-electron chi connectivity index (χ4n) is 1.35. The van der Waals surface area contributed by atoms with Crippen LogP contribution < -0.4 is 5.32 Å². The zero-order chi connectivity index (χ0) is 14.8. The number of amides is 1. The molecular weight excluding hydrogens is 262 g/mol. The van der Waals surface area contributed by atoms with E-state index in [1.54, 1.807) is 0 Å². The number of rotatable bonds is 3. The fraction of sp³-hybridized carbons (Fsp3) is 0.500. The monoisotopic (exact) mass is 283 g/mol. The Hall–Kier alpha value is -1.36. The number of carbonyl (C=O) groups excluding carboxylic acids is 1. The Kier molecular flexibility index (Phi) is 4.40. The molecule has 0 unspecified atom stereocenters. The summed E-state index contributed by atoms with van der Waals surface area (Å²) in [5.74, 6) is -0.192. The summed E-state index contributed by atoms with van der Waals surface area (Å²) in [6, 6.07) is 5.98. The van der Waals surface area contributed by atoms with E-state index in [1.807, 2.05) is 27.7 Å². The smallest absolute Gasteiger partial charge is 0.251 e. The molecule has 0 aliphatic carbocycles. The second-order valence-electron chi connectivity index (χ2n) is 5.86. The van der Waals surface area contributed by atoms with E-state index in [9.17, 15) is 13.2 Å². The molecule has 1 rings (SSSR count). The number of nitrogens with one attached hydrogen (secondary N) is 1. The largest absolute Gasteiger partial charge is 0.349 e. The minimum atomic E-state index is -3.22. The predicted molar refractivity (Wildman–Crippen MR) is 75.9 cm³/mol. The van der Waals surface area contributed by atoms with Gasteiger partial charge in [0.25, 0.3) is 5.91 Å². The van der Waals surface area contributed by atoms with Gasteiger partial charge in [-0.1, -0.05) is 20.8 Å². The third kappa shape index (κ3) is 4.35. The molecule has 1 aromatic carbocycles. The highest BCUT2D eigenvalue weighted by Crippen LogP contribution is 2.19. The summed E-state index contributed by atoms with van der Waals surface area (Å²) in [5, 5.41) is 2.91. The summed E-state index contributed by atoms with van der Waals surface area (Å²) in [6.45, 7) is 8.09. The van der Waals surface area contributed by atoms with Gasteiger partial charge in [0, 0.05) is 17.9 Å². The molecule has 0 saturated heterocycles. The fourth-order valence-corrected chi connectivity index (χ4v) is 1.98. The Morgan fingerprint density at radius 2 is 1.63 bits per heavy atom. The van der Waals surface area contributed by atoms with Gasteiger partial charge in [-0.15, -0.1) is 0 Å². The van der Waals surface area contributed by atoms with E-state index in [-0.39, 0.29) is 22.3 Å². The van der Waals surface area contributed by atoms with Gasteiger partial charge in [-0.25, -0.2) is 8.42 Å². The van der Waals surface area contributed by atoms with Gasteiger partial charge in [-0.3, -0.25) is 4.79 Å². The van der Waals surface area contributed by atoms with Crippen molar-refractivity contribution in [2.75, 3.05) is 6.26 Å². The summed E-state index contributed by atoms with van der Waals surface area (Å²) in [5.41, 5.74) is 0.436. The maximum atomic E-state index is 12.0. The number of sulfone groups is 1. The molecule has 5 heteroatoms. The van der Waals surface area contributed by atoms with Crippen molar-refractivity contribution in [3.05, 3.63) is 29.8 Å². The molecule has 0 fully saturated rings. The van der Waals surface area contributed by atoms with Crippen LogP contribution in [0.5, 0.6) is 0 Å². The molecule has 0 spiro atoms. The molecule has 19 heavy (non-hydrogen) atoms. The molecular formula is C14H21NO3S. The number of hydrogen-bond donors (Lipinski definition) is 1. The highest BCUT2D eigenvalue weighted by Gasteiger charge is 2.22. The van der Waals surface area contributed by atoms with Crippen molar-refractivity contribution in [2.24, 2.45) is 5.41 Å². The first-order valence-electron chi connectivity index (χ1n) is 6.13. The Morgan fingerprint density at radius 1 is 1.16 bits per heavy atom. The van der Waals surface area contributed by atoms with Crippen LogP contribution in [0.15, 0.2) is 29.2 Å². The normalized spacial score (nSPS) is 13.9. The van der Waals surface area contributed by atoms with Gasteiger partial charge in [-0.05, 0) is 36.6 Å². The van der Waals surface area contributed by atoms with Crippen molar-refractivity contribution in [3.8, 4) is 0 Å². The number of hydrogen-bond acceptors (Lipinski definition) is 3. The van der Waals surface area contributed by atoms with Crippen LogP contribution in [0, 0.1) is 5.41 Å². The molecule has 1 N–H and O–H groups in total. The number of benzene rings is 1. The molecule has 1 atom stereocenters. The van der Waals surface area contributed by atoms with E-state index in [4.69, 9.17) is 0 Å². The summed E-state index contributed by atoms with van der Waals surface area (Å²) in [4.78, 5) is 12.2. The molecule has 0 saturated carbocycles. The van der Waals surface area contributed by atoms with Crippen LogP contribution in [0.4, 0.5) is 0 Å². The molecule has 0 heterocycles. The van der Waals surface area contributed by atoms with Crippen molar-refractivity contribution >= 4 is 15.7 Å². The van der Waals surface area contributed by atoms with E-state index in [1.165, 1.54) is 24.3 Å². The molecule has 0 aromatic heterocycles. The lowest BCUT2D eigenvalue weighted by atomic mass is 9.88. The van der Waals surface area contributed by atoms with Crippen LogP contribution in [-0.2, 0) is 9.84 Å². The predicted octanol–water partition coefficient (Wildman–Crippen LogP) is 2.25. The SMILES string of the molecule is C[C@H](NC(=O)c1ccc(S(C)(=O)=O)cc1)C(C)(C)C. The Morgan fingerprint density at radius 3 is 2.00 bits per heavy atom. The summed E-state index contributed by atoms with van der Waals surface area (Å²) >= 11 is 0. The summed E-state index contributed by atoms with van der Waals surface area (Å²) in [7, 11) is -3.22. The molecule has 0 radical (unpaired) electrons. The van der Waals surface area contributed by atoms with Crippen LogP contribution in [-0.4, -0.2) is 26.6 Å². The van der Waals surface area contributed by atoms with Gasteiger partial charge in [0.2, 0.25) is 0 Å². The highest BCUT2D eigenvalue weighted by atomic mass is 32.2. The molecule has 0 bridgehead atoms. The first-order valence-corrected chi connectivity index (χ1v) is 8.02. The lowest BCUT2D eigenvalue weighted by Crippen LogP contribution is -2.41. The van der Waals surface area contributed by atoms with Crippen LogP contribution in [0.1, 0.15) is 38.1 Å². The van der Waals surface area contributed by atoms with E-state index >= 15 is 0 Å². The molecule has 1 amide bonds. The van der Waals surface area contributed by atoms with Crippen molar-refractivity contribution in [2.45, 2.75) is 38.6 Å². The number of carbonyl (C=O) groups is 1. The molecule has 106 valence electrons. The van der Waals surface area contributed by atoms with Crippen LogP contribution in [0.3, 0.4) is 0 Å². The average Bonchev–Trinajstić information content (AvgIpc) is 2.26. The lowest BCUT2D eigenvalue weighted by Gasteiger charge is -2.28. The van der Waals surface area contributed by atoms with Crippen molar-refractivity contribution in [1.82, 2.24) is 5.32 Å².